The molecule has 2 aromatic rings. The van der Waals surface area contributed by atoms with E-state index in [1.807, 2.05) is 19.1 Å². The van der Waals surface area contributed by atoms with E-state index in [9.17, 15) is 9.18 Å². The molecule has 0 bridgehead atoms. The fourth-order valence-corrected chi connectivity index (χ4v) is 2.88. The molecule has 0 spiro atoms. The highest BCUT2D eigenvalue weighted by atomic mass is 32.1. The number of thiophene rings is 1. The van der Waals surface area contributed by atoms with E-state index in [1.165, 1.54) is 30.6 Å². The number of hydrogen-bond acceptors (Lipinski definition) is 4. The van der Waals surface area contributed by atoms with Crippen LogP contribution in [0.15, 0.2) is 30.3 Å². The lowest BCUT2D eigenvalue weighted by Gasteiger charge is -2.17. The minimum atomic E-state index is -0.625. The zero-order chi connectivity index (χ0) is 14.7. The van der Waals surface area contributed by atoms with Gasteiger partial charge >= 0.3 is 5.97 Å². The van der Waals surface area contributed by atoms with Gasteiger partial charge in [0.25, 0.3) is 0 Å². The molecule has 1 heterocycles. The van der Waals surface area contributed by atoms with Crippen LogP contribution in [0.2, 0.25) is 0 Å². The van der Waals surface area contributed by atoms with Gasteiger partial charge in [-0.2, -0.15) is 0 Å². The summed E-state index contributed by atoms with van der Waals surface area (Å²) in [6.07, 6.45) is 0. The minimum absolute atomic E-state index is 0.335. The zero-order valence-electron chi connectivity index (χ0n) is 11.6. The third kappa shape index (κ3) is 3.36. The number of methoxy groups -OCH3 is 1. The quantitative estimate of drug-likeness (QED) is 0.871. The Kier molecular flexibility index (Phi) is 4.39. The molecule has 1 atom stereocenters. The topological polar surface area (TPSA) is 38.3 Å². The van der Waals surface area contributed by atoms with Gasteiger partial charge in [0.1, 0.15) is 5.82 Å². The highest BCUT2D eigenvalue weighted by Crippen LogP contribution is 2.27. The first-order valence-corrected chi connectivity index (χ1v) is 6.99. The number of hydrogen-bond donors (Lipinski definition) is 1. The van der Waals surface area contributed by atoms with Crippen molar-refractivity contribution in [1.29, 1.82) is 0 Å². The standard InChI is InChI=1S/C15H16FNO2S/c1-9-6-11(16)8-12(7-9)17-14(15(18)19-3)13-5-4-10(2)20-13/h4-8,14,17H,1-3H3. The van der Waals surface area contributed by atoms with Gasteiger partial charge in [0.2, 0.25) is 0 Å². The highest BCUT2D eigenvalue weighted by molar-refractivity contribution is 7.12. The fraction of sp³-hybridized carbons (Fsp3) is 0.267. The van der Waals surface area contributed by atoms with Crippen molar-refractivity contribution in [3.8, 4) is 0 Å². The number of rotatable bonds is 4. The van der Waals surface area contributed by atoms with Gasteiger partial charge in [0.15, 0.2) is 6.04 Å². The van der Waals surface area contributed by atoms with Gasteiger partial charge in [-0.05, 0) is 49.7 Å². The van der Waals surface area contributed by atoms with Gasteiger partial charge in [-0.1, -0.05) is 0 Å². The predicted octanol–water partition coefficient (Wildman–Crippen LogP) is 3.83. The molecule has 0 aliphatic carbocycles. The first-order chi connectivity index (χ1) is 9.49. The molecular formula is C15H16FNO2S. The molecule has 3 nitrogen and oxygen atoms in total. The monoisotopic (exact) mass is 293 g/mol. The molecule has 0 fully saturated rings. The van der Waals surface area contributed by atoms with Crippen LogP contribution in [0.4, 0.5) is 10.1 Å². The summed E-state index contributed by atoms with van der Waals surface area (Å²) in [6, 6.07) is 7.78. The summed E-state index contributed by atoms with van der Waals surface area (Å²) in [7, 11) is 1.34. The second-order valence-electron chi connectivity index (χ2n) is 4.57. The summed E-state index contributed by atoms with van der Waals surface area (Å²) >= 11 is 1.51. The molecule has 1 N–H and O–H groups in total. The average molecular weight is 293 g/mol. The van der Waals surface area contributed by atoms with Crippen LogP contribution in [0.25, 0.3) is 0 Å². The van der Waals surface area contributed by atoms with Crippen LogP contribution in [0.5, 0.6) is 0 Å². The van der Waals surface area contributed by atoms with Crippen LogP contribution in [0.3, 0.4) is 0 Å². The molecule has 106 valence electrons. The summed E-state index contributed by atoms with van der Waals surface area (Å²) < 4.78 is 18.2. The van der Waals surface area contributed by atoms with Crippen molar-refractivity contribution in [2.45, 2.75) is 19.9 Å². The van der Waals surface area contributed by atoms with E-state index in [0.717, 1.165) is 15.3 Å². The van der Waals surface area contributed by atoms with E-state index in [2.05, 4.69) is 5.32 Å². The molecule has 2 rings (SSSR count). The molecule has 0 amide bonds. The van der Waals surface area contributed by atoms with Gasteiger partial charge in [-0.25, -0.2) is 9.18 Å². The maximum Gasteiger partial charge on any atom is 0.333 e. The predicted molar refractivity (Wildman–Crippen MR) is 78.6 cm³/mol. The Balaban J connectivity index is 2.30. The number of aryl methyl sites for hydroxylation is 2. The summed E-state index contributed by atoms with van der Waals surface area (Å²) in [6.45, 7) is 3.77. The van der Waals surface area contributed by atoms with Crippen LogP contribution >= 0.6 is 11.3 Å². The molecule has 0 saturated carbocycles. The van der Waals surface area contributed by atoms with Gasteiger partial charge in [-0.15, -0.1) is 11.3 Å². The largest absolute Gasteiger partial charge is 0.467 e. The lowest BCUT2D eigenvalue weighted by Crippen LogP contribution is -2.21. The summed E-state index contributed by atoms with van der Waals surface area (Å²) in [5, 5.41) is 3.04. The van der Waals surface area contributed by atoms with E-state index in [1.54, 1.807) is 13.0 Å². The Morgan fingerprint density at radius 1 is 1.30 bits per heavy atom. The Bertz CT molecular complexity index is 604. The smallest absolute Gasteiger partial charge is 0.333 e. The van der Waals surface area contributed by atoms with Crippen molar-refractivity contribution in [2.24, 2.45) is 0 Å². The number of nitrogens with one attached hydrogen (secondary N) is 1. The molecule has 0 radical (unpaired) electrons. The Morgan fingerprint density at radius 2 is 2.05 bits per heavy atom. The van der Waals surface area contributed by atoms with Crippen molar-refractivity contribution in [2.75, 3.05) is 12.4 Å². The van der Waals surface area contributed by atoms with E-state index >= 15 is 0 Å². The number of esters is 1. The van der Waals surface area contributed by atoms with Crippen LogP contribution in [0, 0.1) is 19.7 Å². The maximum atomic E-state index is 13.4. The number of benzene rings is 1. The first kappa shape index (κ1) is 14.5. The molecule has 1 aromatic heterocycles. The van der Waals surface area contributed by atoms with Crippen LogP contribution in [-0.4, -0.2) is 13.1 Å². The zero-order valence-corrected chi connectivity index (χ0v) is 12.4. The third-order valence-corrected chi connectivity index (χ3v) is 3.90. The van der Waals surface area contributed by atoms with Gasteiger partial charge in [0.05, 0.1) is 7.11 Å². The molecule has 1 aromatic carbocycles. The lowest BCUT2D eigenvalue weighted by molar-refractivity contribution is -0.141. The number of ether oxygens (including phenoxy) is 1. The molecule has 0 aliphatic rings. The first-order valence-electron chi connectivity index (χ1n) is 6.17. The van der Waals surface area contributed by atoms with E-state index < -0.39 is 12.0 Å². The molecular weight excluding hydrogens is 277 g/mol. The Hall–Kier alpha value is -1.88. The number of carbonyl (C=O) groups is 1. The molecule has 5 heteroatoms. The molecule has 0 saturated heterocycles. The average Bonchev–Trinajstić information content (AvgIpc) is 2.80. The van der Waals surface area contributed by atoms with E-state index in [-0.39, 0.29) is 5.82 Å². The van der Waals surface area contributed by atoms with Crippen LogP contribution in [0.1, 0.15) is 21.4 Å². The second kappa shape index (κ2) is 6.05. The second-order valence-corrected chi connectivity index (χ2v) is 5.89. The van der Waals surface area contributed by atoms with Crippen molar-refractivity contribution in [1.82, 2.24) is 0 Å². The summed E-state index contributed by atoms with van der Waals surface area (Å²) in [5.41, 5.74) is 1.35. The lowest BCUT2D eigenvalue weighted by atomic mass is 10.2. The normalized spacial score (nSPS) is 12.0. The van der Waals surface area contributed by atoms with Crippen LogP contribution in [-0.2, 0) is 9.53 Å². The van der Waals surface area contributed by atoms with E-state index in [4.69, 9.17) is 4.74 Å². The molecule has 20 heavy (non-hydrogen) atoms. The van der Waals surface area contributed by atoms with Crippen molar-refractivity contribution in [3.63, 3.8) is 0 Å². The number of carbonyl (C=O) groups excluding carboxylic acids is 1. The Labute approximate surface area is 121 Å². The maximum absolute atomic E-state index is 13.4. The van der Waals surface area contributed by atoms with Gasteiger partial charge < -0.3 is 10.1 Å². The van der Waals surface area contributed by atoms with E-state index in [0.29, 0.717) is 5.69 Å². The molecule has 0 aliphatic heterocycles. The summed E-state index contributed by atoms with van der Waals surface area (Å²) in [5.74, 6) is -0.729. The van der Waals surface area contributed by atoms with Crippen molar-refractivity contribution < 1.29 is 13.9 Å². The minimum Gasteiger partial charge on any atom is -0.467 e. The molecule has 1 unspecified atom stereocenters. The SMILES string of the molecule is COC(=O)C(Nc1cc(C)cc(F)c1)c1ccc(C)s1. The Morgan fingerprint density at radius 3 is 2.60 bits per heavy atom. The number of anilines is 1. The van der Waals surface area contributed by atoms with Gasteiger partial charge in [-0.3, -0.25) is 0 Å². The van der Waals surface area contributed by atoms with Crippen molar-refractivity contribution in [3.05, 3.63) is 51.5 Å². The van der Waals surface area contributed by atoms with Crippen molar-refractivity contribution >= 4 is 23.0 Å². The highest BCUT2D eigenvalue weighted by Gasteiger charge is 2.23. The third-order valence-electron chi connectivity index (χ3n) is 2.84. The van der Waals surface area contributed by atoms with Gasteiger partial charge in [0, 0.05) is 15.4 Å². The summed E-state index contributed by atoms with van der Waals surface area (Å²) in [4.78, 5) is 13.9. The van der Waals surface area contributed by atoms with Crippen LogP contribution < -0.4 is 5.32 Å². The fourth-order valence-electron chi connectivity index (χ4n) is 1.96. The number of halogens is 1.